The van der Waals surface area contributed by atoms with Crippen LogP contribution in [-0.4, -0.2) is 43.4 Å². The molecule has 1 aliphatic rings. The van der Waals surface area contributed by atoms with Gasteiger partial charge < -0.3 is 9.47 Å². The summed E-state index contributed by atoms with van der Waals surface area (Å²) < 4.78 is 2.02. The molecule has 0 saturated carbocycles. The number of hydrogen-bond donors (Lipinski definition) is 0. The number of Topliss-reactive ketones (excluding diaryl/α,β-unsaturated/α-hetero) is 1. The standard InChI is InChI=1S/C24H24N6O/c1-16-26-15-22(29(16)2)21-10-18-9-20(27-13-19(18)14-28-21)12-23(31)17-5-6-25-24(11-17)30-7-3-4-8-30/h5-6,9-11,13-15H,3-4,7-8,12H2,1-2H3. The first-order chi connectivity index (χ1) is 15.1. The minimum atomic E-state index is 0.0474. The average molecular weight is 412 g/mol. The van der Waals surface area contributed by atoms with Crippen molar-refractivity contribution < 1.29 is 4.79 Å². The summed E-state index contributed by atoms with van der Waals surface area (Å²) in [6.07, 6.45) is 9.76. The number of aryl methyl sites for hydroxylation is 1. The van der Waals surface area contributed by atoms with E-state index in [1.165, 1.54) is 12.8 Å². The van der Waals surface area contributed by atoms with Crippen LogP contribution < -0.4 is 4.90 Å². The molecule has 7 heteroatoms. The van der Waals surface area contributed by atoms with Crippen LogP contribution in [-0.2, 0) is 13.5 Å². The fourth-order valence-corrected chi connectivity index (χ4v) is 4.04. The van der Waals surface area contributed by atoms with Gasteiger partial charge in [-0.25, -0.2) is 9.97 Å². The Bertz CT molecular complexity index is 1270. The molecule has 0 spiro atoms. The molecule has 0 unspecified atom stereocenters. The maximum absolute atomic E-state index is 12.9. The number of imidazole rings is 1. The third kappa shape index (κ3) is 3.79. The number of aromatic nitrogens is 5. The molecule has 7 nitrogen and oxygen atoms in total. The molecule has 5 rings (SSSR count). The van der Waals surface area contributed by atoms with Crippen LogP contribution in [0.15, 0.2) is 49.1 Å². The summed E-state index contributed by atoms with van der Waals surface area (Å²) in [5.74, 6) is 1.87. The summed E-state index contributed by atoms with van der Waals surface area (Å²) in [5, 5.41) is 1.95. The minimum absolute atomic E-state index is 0.0474. The lowest BCUT2D eigenvalue weighted by Crippen LogP contribution is -2.19. The van der Waals surface area contributed by atoms with E-state index < -0.39 is 0 Å². The fraction of sp³-hybridized carbons (Fsp3) is 0.292. The summed E-state index contributed by atoms with van der Waals surface area (Å²) in [7, 11) is 1.98. The summed E-state index contributed by atoms with van der Waals surface area (Å²) in [6.45, 7) is 3.97. The monoisotopic (exact) mass is 412 g/mol. The van der Waals surface area contributed by atoms with Gasteiger partial charge in [-0.2, -0.15) is 0 Å². The number of carbonyl (C=O) groups excluding carboxylic acids is 1. The Morgan fingerprint density at radius 2 is 1.77 bits per heavy atom. The highest BCUT2D eigenvalue weighted by atomic mass is 16.1. The van der Waals surface area contributed by atoms with Gasteiger partial charge in [-0.3, -0.25) is 14.8 Å². The Morgan fingerprint density at radius 1 is 0.968 bits per heavy atom. The van der Waals surface area contributed by atoms with E-state index in [0.29, 0.717) is 5.56 Å². The van der Waals surface area contributed by atoms with Crippen molar-refractivity contribution in [3.63, 3.8) is 0 Å². The molecule has 0 aliphatic carbocycles. The quantitative estimate of drug-likeness (QED) is 0.465. The van der Waals surface area contributed by atoms with Crippen LogP contribution in [0.2, 0.25) is 0 Å². The lowest BCUT2D eigenvalue weighted by Gasteiger charge is -2.16. The van der Waals surface area contributed by atoms with Gasteiger partial charge in [0.2, 0.25) is 0 Å². The van der Waals surface area contributed by atoms with Crippen molar-refractivity contribution in [3.05, 3.63) is 66.1 Å². The number of hydrogen-bond acceptors (Lipinski definition) is 6. The SMILES string of the molecule is Cc1ncc(-c2cc3cc(CC(=O)c4ccnc(N5CCCC5)c4)ncc3cn2)n1C. The highest BCUT2D eigenvalue weighted by Crippen LogP contribution is 2.23. The highest BCUT2D eigenvalue weighted by Gasteiger charge is 2.16. The van der Waals surface area contributed by atoms with Crippen LogP contribution in [0, 0.1) is 6.92 Å². The predicted molar refractivity (Wildman–Crippen MR) is 120 cm³/mol. The smallest absolute Gasteiger partial charge is 0.169 e. The van der Waals surface area contributed by atoms with Gasteiger partial charge in [0.1, 0.15) is 11.6 Å². The first kappa shape index (κ1) is 19.4. The molecule has 0 atom stereocenters. The fourth-order valence-electron chi connectivity index (χ4n) is 4.04. The summed E-state index contributed by atoms with van der Waals surface area (Å²) in [5.41, 5.74) is 3.23. The molecule has 0 radical (unpaired) electrons. The number of fused-ring (bicyclic) bond motifs is 1. The molecule has 156 valence electrons. The lowest BCUT2D eigenvalue weighted by atomic mass is 10.1. The van der Waals surface area contributed by atoms with Gasteiger partial charge in [-0.1, -0.05) is 0 Å². The number of nitrogens with zero attached hydrogens (tertiary/aromatic N) is 6. The average Bonchev–Trinajstić information content (AvgIpc) is 3.44. The molecule has 4 aromatic rings. The van der Waals surface area contributed by atoms with E-state index in [4.69, 9.17) is 0 Å². The first-order valence-corrected chi connectivity index (χ1v) is 10.6. The van der Waals surface area contributed by atoms with Crippen molar-refractivity contribution in [3.8, 4) is 11.4 Å². The van der Waals surface area contributed by atoms with Crippen LogP contribution >= 0.6 is 0 Å². The number of anilines is 1. The minimum Gasteiger partial charge on any atom is -0.357 e. The van der Waals surface area contributed by atoms with Gasteiger partial charge in [0.05, 0.1) is 24.0 Å². The van der Waals surface area contributed by atoms with Crippen LogP contribution in [0.5, 0.6) is 0 Å². The number of rotatable bonds is 5. The number of pyridine rings is 3. The van der Waals surface area contributed by atoms with E-state index >= 15 is 0 Å². The van der Waals surface area contributed by atoms with E-state index in [-0.39, 0.29) is 12.2 Å². The molecule has 0 N–H and O–H groups in total. The van der Waals surface area contributed by atoms with Crippen molar-refractivity contribution in [2.75, 3.05) is 18.0 Å². The topological polar surface area (TPSA) is 76.8 Å². The second-order valence-corrected chi connectivity index (χ2v) is 8.04. The van der Waals surface area contributed by atoms with Gasteiger partial charge in [0.15, 0.2) is 5.78 Å². The van der Waals surface area contributed by atoms with Crippen LogP contribution in [0.25, 0.3) is 22.2 Å². The summed E-state index contributed by atoms with van der Waals surface area (Å²) in [6, 6.07) is 7.70. The number of carbonyl (C=O) groups is 1. The van der Waals surface area contributed by atoms with E-state index in [1.54, 1.807) is 18.5 Å². The second kappa shape index (κ2) is 7.91. The van der Waals surface area contributed by atoms with Gasteiger partial charge in [-0.15, -0.1) is 0 Å². The Morgan fingerprint density at radius 3 is 2.55 bits per heavy atom. The van der Waals surface area contributed by atoms with Crippen molar-refractivity contribution >= 4 is 22.4 Å². The zero-order valence-electron chi connectivity index (χ0n) is 17.7. The molecule has 0 aromatic carbocycles. The van der Waals surface area contributed by atoms with E-state index in [9.17, 15) is 4.79 Å². The molecule has 4 aromatic heterocycles. The Labute approximate surface area is 180 Å². The Balaban J connectivity index is 1.40. The number of ketones is 1. The highest BCUT2D eigenvalue weighted by molar-refractivity contribution is 5.98. The van der Waals surface area contributed by atoms with Crippen molar-refractivity contribution in [2.45, 2.75) is 26.2 Å². The maximum Gasteiger partial charge on any atom is 0.169 e. The normalized spacial score (nSPS) is 13.8. The Hall–Kier alpha value is -3.61. The molecule has 1 aliphatic heterocycles. The van der Waals surface area contributed by atoms with Gasteiger partial charge in [0, 0.05) is 55.4 Å². The van der Waals surface area contributed by atoms with E-state index in [0.717, 1.165) is 52.6 Å². The van der Waals surface area contributed by atoms with Crippen LogP contribution in [0.3, 0.4) is 0 Å². The molecule has 5 heterocycles. The van der Waals surface area contributed by atoms with Gasteiger partial charge in [-0.05, 0) is 49.4 Å². The third-order valence-corrected chi connectivity index (χ3v) is 5.98. The predicted octanol–water partition coefficient (Wildman–Crippen LogP) is 3.76. The molecule has 1 fully saturated rings. The second-order valence-electron chi connectivity index (χ2n) is 8.04. The van der Waals surface area contributed by atoms with Gasteiger partial charge >= 0.3 is 0 Å². The molecular weight excluding hydrogens is 388 g/mol. The summed E-state index contributed by atoms with van der Waals surface area (Å²) >= 11 is 0. The zero-order chi connectivity index (χ0) is 21.4. The molecule has 0 amide bonds. The largest absolute Gasteiger partial charge is 0.357 e. The maximum atomic E-state index is 12.9. The van der Waals surface area contributed by atoms with E-state index in [2.05, 4.69) is 24.8 Å². The molecular formula is C24H24N6O. The molecule has 31 heavy (non-hydrogen) atoms. The van der Waals surface area contributed by atoms with Crippen molar-refractivity contribution in [1.82, 2.24) is 24.5 Å². The Kier molecular flexibility index (Phi) is 4.94. The van der Waals surface area contributed by atoms with Gasteiger partial charge in [0.25, 0.3) is 0 Å². The van der Waals surface area contributed by atoms with Crippen LogP contribution in [0.1, 0.15) is 34.7 Å². The van der Waals surface area contributed by atoms with Crippen molar-refractivity contribution in [1.29, 1.82) is 0 Å². The first-order valence-electron chi connectivity index (χ1n) is 10.6. The third-order valence-electron chi connectivity index (χ3n) is 5.98. The summed E-state index contributed by atoms with van der Waals surface area (Å²) in [4.78, 5) is 33.0. The van der Waals surface area contributed by atoms with Crippen LogP contribution in [0.4, 0.5) is 5.82 Å². The van der Waals surface area contributed by atoms with Crippen molar-refractivity contribution in [2.24, 2.45) is 7.05 Å². The zero-order valence-corrected chi connectivity index (χ0v) is 17.7. The molecule has 0 bridgehead atoms. The van der Waals surface area contributed by atoms with E-state index in [1.807, 2.05) is 49.1 Å². The molecule has 1 saturated heterocycles. The lowest BCUT2D eigenvalue weighted by molar-refractivity contribution is 0.0992.